The zero-order valence-electron chi connectivity index (χ0n) is 10.9. The smallest absolute Gasteiger partial charge is 0.261 e. The molecule has 106 valence electrons. The van der Waals surface area contributed by atoms with Gasteiger partial charge in [-0.25, -0.2) is 8.42 Å². The molecule has 0 aliphatic rings. The maximum absolute atomic E-state index is 12.3. The van der Waals surface area contributed by atoms with Gasteiger partial charge < -0.3 is 5.73 Å². The predicted octanol–water partition coefficient (Wildman–Crippen LogP) is 2.91. The summed E-state index contributed by atoms with van der Waals surface area (Å²) in [5, 5.41) is 0.460. The normalized spacial score (nSPS) is 11.3. The SMILES string of the molecule is Cc1cccc(NS(=O)(=O)c2ccc(Cl)c(CN)c2)c1. The van der Waals surface area contributed by atoms with E-state index in [2.05, 4.69) is 4.72 Å². The van der Waals surface area contributed by atoms with Gasteiger partial charge in [0.2, 0.25) is 0 Å². The lowest BCUT2D eigenvalue weighted by Crippen LogP contribution is -2.13. The van der Waals surface area contributed by atoms with E-state index in [0.29, 0.717) is 16.3 Å². The van der Waals surface area contributed by atoms with Crippen LogP contribution < -0.4 is 10.5 Å². The average molecular weight is 311 g/mol. The van der Waals surface area contributed by atoms with Crippen LogP contribution in [0, 0.1) is 6.92 Å². The Labute approximate surface area is 123 Å². The highest BCUT2D eigenvalue weighted by Gasteiger charge is 2.15. The fourth-order valence-corrected chi connectivity index (χ4v) is 3.09. The van der Waals surface area contributed by atoms with Crippen LogP contribution in [-0.2, 0) is 16.6 Å². The molecule has 0 spiro atoms. The van der Waals surface area contributed by atoms with Gasteiger partial charge in [-0.3, -0.25) is 4.72 Å². The quantitative estimate of drug-likeness (QED) is 0.912. The molecule has 0 aliphatic carbocycles. The first-order valence-corrected chi connectivity index (χ1v) is 7.86. The molecule has 20 heavy (non-hydrogen) atoms. The first-order valence-electron chi connectivity index (χ1n) is 6.00. The Bertz CT molecular complexity index is 730. The number of nitrogens with two attached hydrogens (primary N) is 1. The number of benzene rings is 2. The van der Waals surface area contributed by atoms with Crippen LogP contribution >= 0.6 is 11.6 Å². The van der Waals surface area contributed by atoms with Gasteiger partial charge in [0, 0.05) is 17.3 Å². The summed E-state index contributed by atoms with van der Waals surface area (Å²) in [5.41, 5.74) is 7.63. The van der Waals surface area contributed by atoms with Crippen LogP contribution in [0.5, 0.6) is 0 Å². The molecule has 3 N–H and O–H groups in total. The van der Waals surface area contributed by atoms with Crippen molar-refractivity contribution < 1.29 is 8.42 Å². The number of hydrogen-bond donors (Lipinski definition) is 2. The van der Waals surface area contributed by atoms with E-state index in [1.54, 1.807) is 18.2 Å². The number of nitrogens with one attached hydrogen (secondary N) is 1. The second-order valence-corrected chi connectivity index (χ2v) is 6.52. The van der Waals surface area contributed by atoms with Crippen LogP contribution in [0.4, 0.5) is 5.69 Å². The summed E-state index contributed by atoms with van der Waals surface area (Å²) in [7, 11) is -3.64. The number of aryl methyl sites for hydroxylation is 1. The summed E-state index contributed by atoms with van der Waals surface area (Å²) in [5.74, 6) is 0. The van der Waals surface area contributed by atoms with E-state index in [9.17, 15) is 8.42 Å². The first-order chi connectivity index (χ1) is 9.42. The minimum absolute atomic E-state index is 0.142. The van der Waals surface area contributed by atoms with E-state index in [1.165, 1.54) is 18.2 Å². The van der Waals surface area contributed by atoms with E-state index in [1.807, 2.05) is 13.0 Å². The van der Waals surface area contributed by atoms with Gasteiger partial charge in [0.05, 0.1) is 4.90 Å². The van der Waals surface area contributed by atoms with Gasteiger partial charge in [0.25, 0.3) is 10.0 Å². The van der Waals surface area contributed by atoms with Crippen LogP contribution in [0.2, 0.25) is 5.02 Å². The Balaban J connectivity index is 2.35. The van der Waals surface area contributed by atoms with Crippen LogP contribution in [0.15, 0.2) is 47.4 Å². The number of anilines is 1. The molecule has 0 saturated heterocycles. The predicted molar refractivity (Wildman–Crippen MR) is 81.3 cm³/mol. The maximum Gasteiger partial charge on any atom is 0.261 e. The molecular weight excluding hydrogens is 296 g/mol. The highest BCUT2D eigenvalue weighted by atomic mass is 35.5. The molecule has 0 atom stereocenters. The molecule has 0 heterocycles. The molecule has 0 bridgehead atoms. The molecular formula is C14H15ClN2O2S. The summed E-state index contributed by atoms with van der Waals surface area (Å²) in [6.45, 7) is 2.08. The van der Waals surface area contributed by atoms with Gasteiger partial charge in [0.15, 0.2) is 0 Å². The van der Waals surface area contributed by atoms with Crippen LogP contribution in [0.1, 0.15) is 11.1 Å². The van der Waals surface area contributed by atoms with Gasteiger partial charge in [-0.1, -0.05) is 23.7 Å². The zero-order valence-corrected chi connectivity index (χ0v) is 12.5. The fraction of sp³-hybridized carbons (Fsp3) is 0.143. The highest BCUT2D eigenvalue weighted by molar-refractivity contribution is 7.92. The van der Waals surface area contributed by atoms with Crippen molar-refractivity contribution in [3.8, 4) is 0 Å². The van der Waals surface area contributed by atoms with Crippen molar-refractivity contribution >= 4 is 27.3 Å². The summed E-state index contributed by atoms with van der Waals surface area (Å²) >= 11 is 5.93. The molecule has 0 aromatic heterocycles. The molecule has 6 heteroatoms. The summed E-state index contributed by atoms with van der Waals surface area (Å²) in [6.07, 6.45) is 0. The Morgan fingerprint density at radius 3 is 2.60 bits per heavy atom. The second kappa shape index (κ2) is 5.83. The van der Waals surface area contributed by atoms with Crippen molar-refractivity contribution in [1.82, 2.24) is 0 Å². The average Bonchev–Trinajstić information content (AvgIpc) is 2.38. The minimum Gasteiger partial charge on any atom is -0.326 e. The summed E-state index contributed by atoms with van der Waals surface area (Å²) in [6, 6.07) is 11.6. The van der Waals surface area contributed by atoms with Gasteiger partial charge in [-0.2, -0.15) is 0 Å². The van der Waals surface area contributed by atoms with Gasteiger partial charge >= 0.3 is 0 Å². The Kier molecular flexibility index (Phi) is 4.32. The number of hydrogen-bond acceptors (Lipinski definition) is 3. The molecule has 0 saturated carbocycles. The summed E-state index contributed by atoms with van der Waals surface area (Å²) < 4.78 is 27.1. The largest absolute Gasteiger partial charge is 0.326 e. The van der Waals surface area contributed by atoms with E-state index >= 15 is 0 Å². The molecule has 4 nitrogen and oxygen atoms in total. The van der Waals surface area contributed by atoms with Crippen molar-refractivity contribution in [2.24, 2.45) is 5.73 Å². The molecule has 2 aromatic rings. The monoisotopic (exact) mass is 310 g/mol. The standard InChI is InChI=1S/C14H15ClN2O2S/c1-10-3-2-4-12(7-10)17-20(18,19)13-5-6-14(15)11(8-13)9-16/h2-8,17H,9,16H2,1H3. The maximum atomic E-state index is 12.3. The molecule has 2 aromatic carbocycles. The van der Waals surface area contributed by atoms with Crippen LogP contribution in [0.25, 0.3) is 0 Å². The molecule has 0 amide bonds. The Morgan fingerprint density at radius 2 is 1.95 bits per heavy atom. The molecule has 0 radical (unpaired) electrons. The van der Waals surface area contributed by atoms with Crippen molar-refractivity contribution in [3.05, 3.63) is 58.6 Å². The van der Waals surface area contributed by atoms with Gasteiger partial charge in [-0.05, 0) is 48.4 Å². The molecule has 0 unspecified atom stereocenters. The number of sulfonamides is 1. The number of rotatable bonds is 4. The third-order valence-corrected chi connectivity index (χ3v) is 4.57. The summed E-state index contributed by atoms with van der Waals surface area (Å²) in [4.78, 5) is 0.142. The van der Waals surface area contributed by atoms with Crippen molar-refractivity contribution in [1.29, 1.82) is 0 Å². The topological polar surface area (TPSA) is 72.2 Å². The van der Waals surface area contributed by atoms with E-state index in [4.69, 9.17) is 17.3 Å². The Morgan fingerprint density at radius 1 is 1.20 bits per heavy atom. The van der Waals surface area contributed by atoms with Gasteiger partial charge in [0.1, 0.15) is 0 Å². The lowest BCUT2D eigenvalue weighted by atomic mass is 10.2. The lowest BCUT2D eigenvalue weighted by Gasteiger charge is -2.10. The Hall–Kier alpha value is -1.56. The van der Waals surface area contributed by atoms with Crippen LogP contribution in [0.3, 0.4) is 0 Å². The van der Waals surface area contributed by atoms with Crippen LogP contribution in [-0.4, -0.2) is 8.42 Å². The third kappa shape index (κ3) is 3.30. The van der Waals surface area contributed by atoms with E-state index in [0.717, 1.165) is 5.56 Å². The van der Waals surface area contributed by atoms with Gasteiger partial charge in [-0.15, -0.1) is 0 Å². The van der Waals surface area contributed by atoms with Crippen molar-refractivity contribution in [2.75, 3.05) is 4.72 Å². The lowest BCUT2D eigenvalue weighted by molar-refractivity contribution is 0.601. The second-order valence-electron chi connectivity index (χ2n) is 4.43. The van der Waals surface area contributed by atoms with Crippen molar-refractivity contribution in [2.45, 2.75) is 18.4 Å². The van der Waals surface area contributed by atoms with Crippen molar-refractivity contribution in [3.63, 3.8) is 0 Å². The number of halogens is 1. The van der Waals surface area contributed by atoms with E-state index in [-0.39, 0.29) is 11.4 Å². The minimum atomic E-state index is -3.64. The fourth-order valence-electron chi connectivity index (χ4n) is 1.80. The molecule has 0 aliphatic heterocycles. The zero-order chi connectivity index (χ0) is 14.8. The first kappa shape index (κ1) is 14.8. The molecule has 2 rings (SSSR count). The molecule has 0 fully saturated rings. The third-order valence-electron chi connectivity index (χ3n) is 2.82. The highest BCUT2D eigenvalue weighted by Crippen LogP contribution is 2.22. The van der Waals surface area contributed by atoms with E-state index < -0.39 is 10.0 Å².